The fraction of sp³-hybridized carbons (Fsp3) is 0.333. The van der Waals surface area contributed by atoms with Gasteiger partial charge in [-0.2, -0.15) is 0 Å². The molecule has 1 aromatic rings. The zero-order chi connectivity index (χ0) is 13.7. The highest BCUT2D eigenvalue weighted by molar-refractivity contribution is 5.75. The van der Waals surface area contributed by atoms with E-state index in [4.69, 9.17) is 5.73 Å². The lowest BCUT2D eigenvalue weighted by Gasteiger charge is -2.08. The van der Waals surface area contributed by atoms with Gasteiger partial charge in [0, 0.05) is 33.8 Å². The van der Waals surface area contributed by atoms with E-state index < -0.39 is 5.82 Å². The molecule has 0 bridgehead atoms. The highest BCUT2D eigenvalue weighted by atomic mass is 19.1. The molecule has 0 saturated carbocycles. The van der Waals surface area contributed by atoms with Crippen molar-refractivity contribution >= 4 is 23.9 Å². The van der Waals surface area contributed by atoms with Gasteiger partial charge in [-0.1, -0.05) is 0 Å². The Kier molecular flexibility index (Phi) is 4.65. The number of halogens is 1. The van der Waals surface area contributed by atoms with Crippen LogP contribution in [0.3, 0.4) is 0 Å². The number of pyridine rings is 1. The van der Waals surface area contributed by atoms with Gasteiger partial charge in [0.15, 0.2) is 11.6 Å². The molecule has 1 aromatic heterocycles. The monoisotopic (exact) mass is 251 g/mol. The lowest BCUT2D eigenvalue weighted by molar-refractivity contribution is 0.566. The van der Waals surface area contributed by atoms with E-state index in [9.17, 15) is 4.39 Å². The molecule has 0 aliphatic heterocycles. The van der Waals surface area contributed by atoms with Gasteiger partial charge in [-0.15, -0.1) is 0 Å². The first-order valence-electron chi connectivity index (χ1n) is 5.41. The molecule has 0 atom stereocenters. The molecule has 0 aliphatic rings. The minimum absolute atomic E-state index is 0.228. The van der Waals surface area contributed by atoms with Gasteiger partial charge in [-0.05, 0) is 12.3 Å². The summed E-state index contributed by atoms with van der Waals surface area (Å²) in [7, 11) is 7.35. The molecule has 0 saturated heterocycles. The van der Waals surface area contributed by atoms with Crippen LogP contribution in [-0.2, 0) is 0 Å². The van der Waals surface area contributed by atoms with Crippen LogP contribution in [0.15, 0.2) is 17.4 Å². The Bertz CT molecular complexity index is 466. The van der Waals surface area contributed by atoms with Gasteiger partial charge >= 0.3 is 0 Å². The number of nitrogens with zero attached hydrogens (tertiary/aromatic N) is 4. The molecular weight excluding hydrogens is 233 g/mol. The summed E-state index contributed by atoms with van der Waals surface area (Å²) in [5.41, 5.74) is 6.38. The largest absolute Gasteiger partial charge is 0.395 e. The molecule has 1 rings (SSSR count). The quantitative estimate of drug-likeness (QED) is 0.651. The lowest BCUT2D eigenvalue weighted by Crippen LogP contribution is -2.07. The van der Waals surface area contributed by atoms with Crippen molar-refractivity contribution in [1.29, 1.82) is 0 Å². The Morgan fingerprint density at radius 3 is 2.50 bits per heavy atom. The van der Waals surface area contributed by atoms with Gasteiger partial charge in [0.2, 0.25) is 0 Å². The molecule has 1 heterocycles. The van der Waals surface area contributed by atoms with Crippen LogP contribution in [0.1, 0.15) is 5.56 Å². The zero-order valence-electron chi connectivity index (χ0n) is 11.1. The second-order valence-electron chi connectivity index (χ2n) is 4.24. The normalized spacial score (nSPS) is 11.4. The number of hydrogen-bond acceptors (Lipinski definition) is 4. The average Bonchev–Trinajstić information content (AvgIpc) is 2.27. The fourth-order valence-corrected chi connectivity index (χ4v) is 1.17. The maximum absolute atomic E-state index is 13.6. The van der Waals surface area contributed by atoms with Gasteiger partial charge in [0.25, 0.3) is 0 Å². The van der Waals surface area contributed by atoms with Crippen LogP contribution in [0, 0.1) is 5.82 Å². The number of hydrogen-bond donors (Lipinski definition) is 1. The Labute approximate surface area is 106 Å². The Hall–Kier alpha value is -2.11. The van der Waals surface area contributed by atoms with Crippen LogP contribution in [-0.4, -0.2) is 49.3 Å². The Morgan fingerprint density at radius 2 is 1.94 bits per heavy atom. The SMILES string of the molecule is CN(C)C=Nc1ncc(F)c(/C=C/N(C)C)c1N. The second kappa shape index (κ2) is 6.00. The van der Waals surface area contributed by atoms with Crippen LogP contribution in [0.2, 0.25) is 0 Å². The third-order valence-corrected chi connectivity index (χ3v) is 2.04. The van der Waals surface area contributed by atoms with E-state index in [2.05, 4.69) is 9.98 Å². The third-order valence-electron chi connectivity index (χ3n) is 2.04. The molecule has 2 N–H and O–H groups in total. The first kappa shape index (κ1) is 14.0. The molecule has 0 aromatic carbocycles. The summed E-state index contributed by atoms with van der Waals surface area (Å²) in [5, 5.41) is 0. The number of aliphatic imine (C=N–C) groups is 1. The highest BCUT2D eigenvalue weighted by Crippen LogP contribution is 2.26. The first-order chi connectivity index (χ1) is 8.41. The van der Waals surface area contributed by atoms with Gasteiger partial charge in [-0.25, -0.2) is 14.4 Å². The molecule has 0 spiro atoms. The van der Waals surface area contributed by atoms with Crippen molar-refractivity contribution in [2.75, 3.05) is 33.9 Å². The maximum Gasteiger partial charge on any atom is 0.177 e. The summed E-state index contributed by atoms with van der Waals surface area (Å²) >= 11 is 0. The number of anilines is 1. The van der Waals surface area contributed by atoms with Crippen molar-refractivity contribution in [2.24, 2.45) is 4.99 Å². The Morgan fingerprint density at radius 1 is 1.28 bits per heavy atom. The molecule has 0 amide bonds. The van der Waals surface area contributed by atoms with Gasteiger partial charge in [0.1, 0.15) is 0 Å². The molecular formula is C12H18FN5. The van der Waals surface area contributed by atoms with Crippen LogP contribution in [0.4, 0.5) is 15.9 Å². The van der Waals surface area contributed by atoms with E-state index in [1.54, 1.807) is 28.4 Å². The van der Waals surface area contributed by atoms with E-state index in [1.807, 2.05) is 28.2 Å². The van der Waals surface area contributed by atoms with Crippen molar-refractivity contribution < 1.29 is 4.39 Å². The van der Waals surface area contributed by atoms with Crippen molar-refractivity contribution in [1.82, 2.24) is 14.8 Å². The van der Waals surface area contributed by atoms with E-state index >= 15 is 0 Å². The van der Waals surface area contributed by atoms with Crippen LogP contribution in [0.25, 0.3) is 6.08 Å². The molecule has 0 fully saturated rings. The van der Waals surface area contributed by atoms with Gasteiger partial charge < -0.3 is 15.5 Å². The predicted molar refractivity (Wildman–Crippen MR) is 73.2 cm³/mol. The molecule has 98 valence electrons. The topological polar surface area (TPSA) is 57.8 Å². The summed E-state index contributed by atoms with van der Waals surface area (Å²) in [6, 6.07) is 0. The van der Waals surface area contributed by atoms with E-state index in [1.165, 1.54) is 0 Å². The van der Waals surface area contributed by atoms with Crippen molar-refractivity contribution in [3.8, 4) is 0 Å². The average molecular weight is 251 g/mol. The fourth-order valence-electron chi connectivity index (χ4n) is 1.17. The summed E-state index contributed by atoms with van der Waals surface area (Å²) in [6.45, 7) is 0. The molecule has 0 unspecified atom stereocenters. The van der Waals surface area contributed by atoms with Crippen LogP contribution >= 0.6 is 0 Å². The zero-order valence-corrected chi connectivity index (χ0v) is 11.1. The molecule has 6 heteroatoms. The van der Waals surface area contributed by atoms with Crippen molar-refractivity contribution in [2.45, 2.75) is 0 Å². The van der Waals surface area contributed by atoms with Crippen LogP contribution < -0.4 is 5.73 Å². The minimum Gasteiger partial charge on any atom is -0.395 e. The van der Waals surface area contributed by atoms with Gasteiger partial charge in [0.05, 0.1) is 18.2 Å². The number of nitrogens with two attached hydrogens (primary N) is 1. The molecule has 18 heavy (non-hydrogen) atoms. The molecule has 5 nitrogen and oxygen atoms in total. The molecule has 0 aliphatic carbocycles. The summed E-state index contributed by atoms with van der Waals surface area (Å²) in [6.07, 6.45) is 6.00. The predicted octanol–water partition coefficient (Wildman–Crippen LogP) is 1.56. The molecule has 0 radical (unpaired) electrons. The smallest absolute Gasteiger partial charge is 0.177 e. The number of rotatable bonds is 4. The van der Waals surface area contributed by atoms with Crippen LogP contribution in [0.5, 0.6) is 0 Å². The van der Waals surface area contributed by atoms with Gasteiger partial charge in [-0.3, -0.25) is 0 Å². The number of nitrogen functional groups attached to an aromatic ring is 1. The highest BCUT2D eigenvalue weighted by Gasteiger charge is 2.09. The number of aromatic nitrogens is 1. The maximum atomic E-state index is 13.6. The summed E-state index contributed by atoms with van der Waals surface area (Å²) in [5.74, 6) is -0.155. The van der Waals surface area contributed by atoms with E-state index in [0.717, 1.165) is 6.20 Å². The van der Waals surface area contributed by atoms with E-state index in [0.29, 0.717) is 11.4 Å². The van der Waals surface area contributed by atoms with Crippen molar-refractivity contribution in [3.05, 3.63) is 23.8 Å². The first-order valence-corrected chi connectivity index (χ1v) is 5.41. The summed E-state index contributed by atoms with van der Waals surface area (Å²) < 4.78 is 13.6. The standard InChI is InChI=1S/C12H18FN5/c1-17(2)6-5-9-10(13)7-15-12(11(9)14)16-8-18(3)4/h5-8H,14H2,1-4H3/b6-5+,16-8?. The lowest BCUT2D eigenvalue weighted by atomic mass is 10.2. The Balaban J connectivity index is 3.14. The third kappa shape index (κ3) is 3.73. The van der Waals surface area contributed by atoms with Crippen molar-refractivity contribution in [3.63, 3.8) is 0 Å². The minimum atomic E-state index is -0.464. The summed E-state index contributed by atoms with van der Waals surface area (Å²) in [4.78, 5) is 11.5. The van der Waals surface area contributed by atoms with E-state index in [-0.39, 0.29) is 5.69 Å². The second-order valence-corrected chi connectivity index (χ2v) is 4.24.